The van der Waals surface area contributed by atoms with Crippen molar-refractivity contribution < 1.29 is 24.4 Å². The maximum absolute atomic E-state index is 13.0. The quantitative estimate of drug-likeness (QED) is 0.753. The molecule has 0 unspecified atom stereocenters. The van der Waals surface area contributed by atoms with Gasteiger partial charge in [-0.05, 0) is 19.4 Å². The van der Waals surface area contributed by atoms with E-state index in [0.29, 0.717) is 5.30 Å². The number of hydrogen-bond donors (Lipinski definition) is 2. The van der Waals surface area contributed by atoms with Crippen LogP contribution in [0.2, 0.25) is 0 Å². The van der Waals surface area contributed by atoms with Crippen molar-refractivity contribution in [1.82, 2.24) is 0 Å². The minimum absolute atomic E-state index is 0.000482. The molecular weight excluding hydrogens is 279 g/mol. The van der Waals surface area contributed by atoms with Gasteiger partial charge in [-0.25, -0.2) is 0 Å². The predicted molar refractivity (Wildman–Crippen MR) is 77.4 cm³/mol. The number of aryl methyl sites for hydroxylation is 2. The molecule has 6 heteroatoms. The lowest BCUT2D eigenvalue weighted by atomic mass is 10.2. The average molecular weight is 298 g/mol. The van der Waals surface area contributed by atoms with E-state index in [0.717, 1.165) is 11.1 Å². The standard InChI is InChI=1S/C14H19O5P/c1-10-3-4-12(11(2)9-10)20(19,7-5-13(15)16)8-6-14(17)18/h3-4,9H,5-8H2,1-2H3,(H,15,16)(H,17,18). The lowest BCUT2D eigenvalue weighted by molar-refractivity contribution is -0.137. The van der Waals surface area contributed by atoms with Gasteiger partial charge < -0.3 is 14.8 Å². The molecule has 0 fully saturated rings. The summed E-state index contributed by atoms with van der Waals surface area (Å²) in [5, 5.41) is 18.2. The molecule has 0 spiro atoms. The minimum Gasteiger partial charge on any atom is -0.481 e. The highest BCUT2D eigenvalue weighted by Gasteiger charge is 2.28. The van der Waals surface area contributed by atoms with Crippen molar-refractivity contribution in [1.29, 1.82) is 0 Å². The maximum atomic E-state index is 13.0. The van der Waals surface area contributed by atoms with Crippen molar-refractivity contribution in [2.75, 3.05) is 12.3 Å². The van der Waals surface area contributed by atoms with E-state index in [1.807, 2.05) is 26.0 Å². The molecule has 5 nitrogen and oxygen atoms in total. The topological polar surface area (TPSA) is 91.7 Å². The normalized spacial score (nSPS) is 11.3. The molecule has 0 aliphatic carbocycles. The van der Waals surface area contributed by atoms with E-state index < -0.39 is 19.1 Å². The molecule has 0 saturated heterocycles. The zero-order valence-electron chi connectivity index (χ0n) is 11.6. The van der Waals surface area contributed by atoms with E-state index in [9.17, 15) is 14.2 Å². The molecule has 1 aromatic rings. The Labute approximate surface area is 118 Å². The largest absolute Gasteiger partial charge is 0.481 e. The highest BCUT2D eigenvalue weighted by Crippen LogP contribution is 2.46. The summed E-state index contributed by atoms with van der Waals surface area (Å²) < 4.78 is 13.0. The van der Waals surface area contributed by atoms with Crippen LogP contribution in [0, 0.1) is 13.8 Å². The van der Waals surface area contributed by atoms with E-state index >= 15 is 0 Å². The van der Waals surface area contributed by atoms with Crippen LogP contribution >= 0.6 is 7.14 Å². The zero-order valence-corrected chi connectivity index (χ0v) is 12.5. The lowest BCUT2D eigenvalue weighted by Crippen LogP contribution is -2.17. The Morgan fingerprint density at radius 2 is 1.55 bits per heavy atom. The van der Waals surface area contributed by atoms with Crippen LogP contribution in [0.1, 0.15) is 24.0 Å². The molecule has 0 bridgehead atoms. The summed E-state index contributed by atoms with van der Waals surface area (Å²) in [5.74, 6) is -2.05. The molecule has 110 valence electrons. The summed E-state index contributed by atoms with van der Waals surface area (Å²) in [6.45, 7) is 3.73. The van der Waals surface area contributed by atoms with Crippen LogP contribution in [-0.4, -0.2) is 34.5 Å². The third kappa shape index (κ3) is 4.49. The highest BCUT2D eigenvalue weighted by molar-refractivity contribution is 7.71. The highest BCUT2D eigenvalue weighted by atomic mass is 31.2. The van der Waals surface area contributed by atoms with Gasteiger partial charge in [0.05, 0.1) is 12.8 Å². The molecule has 0 aliphatic heterocycles. The van der Waals surface area contributed by atoms with Gasteiger partial charge in [0.2, 0.25) is 0 Å². The van der Waals surface area contributed by atoms with Gasteiger partial charge in [-0.2, -0.15) is 0 Å². The Morgan fingerprint density at radius 1 is 1.05 bits per heavy atom. The lowest BCUT2D eigenvalue weighted by Gasteiger charge is -2.19. The van der Waals surface area contributed by atoms with Crippen molar-refractivity contribution in [3.63, 3.8) is 0 Å². The Kier molecular flexibility index (Phi) is 5.52. The molecule has 0 aromatic heterocycles. The van der Waals surface area contributed by atoms with Gasteiger partial charge in [0.15, 0.2) is 0 Å². The van der Waals surface area contributed by atoms with Crippen LogP contribution in [0.4, 0.5) is 0 Å². The number of hydrogen-bond acceptors (Lipinski definition) is 3. The first kappa shape index (κ1) is 16.4. The number of carbonyl (C=O) groups is 2. The van der Waals surface area contributed by atoms with Crippen LogP contribution in [0.15, 0.2) is 18.2 Å². The monoisotopic (exact) mass is 298 g/mol. The van der Waals surface area contributed by atoms with Crippen LogP contribution < -0.4 is 5.30 Å². The van der Waals surface area contributed by atoms with Crippen LogP contribution in [0.25, 0.3) is 0 Å². The van der Waals surface area contributed by atoms with Crippen molar-refractivity contribution in [3.05, 3.63) is 29.3 Å². The smallest absolute Gasteiger partial charge is 0.303 e. The average Bonchev–Trinajstić information content (AvgIpc) is 2.34. The number of aliphatic carboxylic acids is 2. The molecular formula is C14H19O5P. The zero-order chi connectivity index (χ0) is 15.3. The molecule has 20 heavy (non-hydrogen) atoms. The maximum Gasteiger partial charge on any atom is 0.303 e. The van der Waals surface area contributed by atoms with Gasteiger partial charge in [0, 0.05) is 17.6 Å². The van der Waals surface area contributed by atoms with Gasteiger partial charge >= 0.3 is 11.9 Å². The van der Waals surface area contributed by atoms with E-state index in [4.69, 9.17) is 10.2 Å². The number of carboxylic acids is 2. The van der Waals surface area contributed by atoms with Crippen LogP contribution in [0.5, 0.6) is 0 Å². The molecule has 0 saturated carbocycles. The van der Waals surface area contributed by atoms with Crippen LogP contribution in [0.3, 0.4) is 0 Å². The summed E-state index contributed by atoms with van der Waals surface area (Å²) in [4.78, 5) is 21.4. The van der Waals surface area contributed by atoms with Crippen molar-refractivity contribution in [2.24, 2.45) is 0 Å². The first-order valence-corrected chi connectivity index (χ1v) is 8.42. The first-order valence-electron chi connectivity index (χ1n) is 6.34. The van der Waals surface area contributed by atoms with E-state index in [2.05, 4.69) is 0 Å². The van der Waals surface area contributed by atoms with Gasteiger partial charge in [-0.3, -0.25) is 9.59 Å². The second-order valence-corrected chi connectivity index (χ2v) is 8.07. The minimum atomic E-state index is -3.00. The van der Waals surface area contributed by atoms with Crippen molar-refractivity contribution >= 4 is 24.4 Å². The van der Waals surface area contributed by atoms with Gasteiger partial charge in [-0.1, -0.05) is 23.8 Å². The molecule has 1 aromatic carbocycles. The van der Waals surface area contributed by atoms with E-state index in [-0.39, 0.29) is 25.2 Å². The molecule has 1 rings (SSSR count). The second kappa shape index (κ2) is 6.71. The van der Waals surface area contributed by atoms with Crippen molar-refractivity contribution in [2.45, 2.75) is 26.7 Å². The Morgan fingerprint density at radius 3 is 1.95 bits per heavy atom. The SMILES string of the molecule is Cc1ccc(P(=O)(CCC(=O)O)CCC(=O)O)c(C)c1. The molecule has 0 aliphatic rings. The van der Waals surface area contributed by atoms with E-state index in [1.54, 1.807) is 6.07 Å². The fourth-order valence-corrected chi connectivity index (χ4v) is 5.03. The fraction of sp³-hybridized carbons (Fsp3) is 0.429. The Bertz CT molecular complexity index is 543. The number of rotatable bonds is 7. The Balaban J connectivity index is 3.10. The third-order valence-electron chi connectivity index (χ3n) is 3.17. The van der Waals surface area contributed by atoms with E-state index in [1.165, 1.54) is 0 Å². The summed E-state index contributed by atoms with van der Waals surface area (Å²) in [5.41, 5.74) is 1.85. The number of carboxylic acid groups (broad SMARTS) is 2. The van der Waals surface area contributed by atoms with Gasteiger partial charge in [0.1, 0.15) is 7.14 Å². The summed E-state index contributed by atoms with van der Waals surface area (Å²) in [6.07, 6.45) is -0.437. The second-order valence-electron chi connectivity index (χ2n) is 4.91. The summed E-state index contributed by atoms with van der Waals surface area (Å²) in [6, 6.07) is 5.43. The predicted octanol–water partition coefficient (Wildman–Crippen LogP) is 2.24. The molecule has 0 radical (unpaired) electrons. The first-order chi connectivity index (χ1) is 9.24. The Hall–Kier alpha value is -1.61. The van der Waals surface area contributed by atoms with Crippen LogP contribution in [-0.2, 0) is 14.2 Å². The summed E-state index contributed by atoms with van der Waals surface area (Å²) >= 11 is 0. The summed E-state index contributed by atoms with van der Waals surface area (Å²) in [7, 11) is -3.00. The van der Waals surface area contributed by atoms with Gasteiger partial charge in [-0.15, -0.1) is 0 Å². The molecule has 2 N–H and O–H groups in total. The molecule has 0 amide bonds. The third-order valence-corrected chi connectivity index (χ3v) is 6.44. The molecule has 0 heterocycles. The number of benzene rings is 1. The van der Waals surface area contributed by atoms with Crippen molar-refractivity contribution in [3.8, 4) is 0 Å². The fourth-order valence-electron chi connectivity index (χ4n) is 2.17. The van der Waals surface area contributed by atoms with Gasteiger partial charge in [0.25, 0.3) is 0 Å². The molecule has 0 atom stereocenters.